The van der Waals surface area contributed by atoms with Gasteiger partial charge in [-0.25, -0.2) is 0 Å². The van der Waals surface area contributed by atoms with Crippen molar-refractivity contribution in [2.75, 3.05) is 42.7 Å². The van der Waals surface area contributed by atoms with Crippen LogP contribution >= 0.6 is 0 Å². The van der Waals surface area contributed by atoms with Gasteiger partial charge in [0.15, 0.2) is 0 Å². The summed E-state index contributed by atoms with van der Waals surface area (Å²) in [7, 11) is 1.53. The van der Waals surface area contributed by atoms with E-state index in [0.717, 1.165) is 36.4 Å². The summed E-state index contributed by atoms with van der Waals surface area (Å²) >= 11 is 0. The maximum atomic E-state index is 13.0. The summed E-state index contributed by atoms with van der Waals surface area (Å²) in [5, 5.41) is 18.5. The highest BCUT2D eigenvalue weighted by atomic mass is 16.5. The zero-order valence-electron chi connectivity index (χ0n) is 20.8. The van der Waals surface area contributed by atoms with Crippen LogP contribution in [0.15, 0.2) is 54.6 Å². The van der Waals surface area contributed by atoms with Crippen molar-refractivity contribution in [1.29, 1.82) is 5.26 Å². The molecule has 37 heavy (non-hydrogen) atoms. The van der Waals surface area contributed by atoms with E-state index in [1.807, 2.05) is 36.4 Å². The molecular weight excluding hydrogens is 466 g/mol. The lowest BCUT2D eigenvalue weighted by Gasteiger charge is -2.25. The topological polar surface area (TPSA) is 106 Å². The summed E-state index contributed by atoms with van der Waals surface area (Å²) in [6.07, 6.45) is 4.11. The molecule has 8 heteroatoms. The fourth-order valence-electron chi connectivity index (χ4n) is 4.82. The third kappa shape index (κ3) is 5.42. The Morgan fingerprint density at radius 1 is 0.973 bits per heavy atom. The average Bonchev–Trinajstić information content (AvgIpc) is 3.06. The van der Waals surface area contributed by atoms with E-state index >= 15 is 0 Å². The highest BCUT2D eigenvalue weighted by Crippen LogP contribution is 2.37. The molecule has 8 nitrogen and oxygen atoms in total. The molecule has 0 saturated carbocycles. The summed E-state index contributed by atoms with van der Waals surface area (Å²) in [5.41, 5.74) is 5.34. The second-order valence-electron chi connectivity index (χ2n) is 9.33. The first kappa shape index (κ1) is 24.3. The van der Waals surface area contributed by atoms with Gasteiger partial charge in [-0.1, -0.05) is 18.6 Å². The molecule has 0 aliphatic carbocycles. The summed E-state index contributed by atoms with van der Waals surface area (Å²) in [5.74, 6) is 0.222. The lowest BCUT2D eigenvalue weighted by molar-refractivity contribution is -0.116. The summed E-state index contributed by atoms with van der Waals surface area (Å²) in [6.45, 7) is 2.88. The molecule has 3 aromatic carbocycles. The number of rotatable bonds is 6. The van der Waals surface area contributed by atoms with Gasteiger partial charge in [0, 0.05) is 18.7 Å². The van der Waals surface area contributed by atoms with E-state index in [9.17, 15) is 14.9 Å². The number of piperidine rings is 1. The quantitative estimate of drug-likeness (QED) is 0.425. The number of benzene rings is 3. The van der Waals surface area contributed by atoms with E-state index in [2.05, 4.69) is 26.9 Å². The molecule has 0 unspecified atom stereocenters. The summed E-state index contributed by atoms with van der Waals surface area (Å²) in [6, 6.07) is 18.5. The Morgan fingerprint density at radius 2 is 1.76 bits per heavy atom. The fraction of sp³-hybridized carbons (Fsp3) is 0.276. The zero-order valence-corrected chi connectivity index (χ0v) is 20.8. The normalized spacial score (nSPS) is 14.8. The molecule has 0 radical (unpaired) electrons. The largest absolute Gasteiger partial charge is 0.495 e. The average molecular weight is 496 g/mol. The van der Waals surface area contributed by atoms with Crippen LogP contribution in [0.3, 0.4) is 0 Å². The Balaban J connectivity index is 1.33. The van der Waals surface area contributed by atoms with Crippen molar-refractivity contribution in [2.45, 2.75) is 25.7 Å². The molecule has 5 rings (SSSR count). The summed E-state index contributed by atoms with van der Waals surface area (Å²) < 4.78 is 5.34. The number of nitrogens with one attached hydrogen (secondary N) is 3. The Labute approximate surface area is 216 Å². The van der Waals surface area contributed by atoms with Crippen molar-refractivity contribution in [1.82, 2.24) is 4.90 Å². The maximum absolute atomic E-state index is 13.0. The van der Waals surface area contributed by atoms with Gasteiger partial charge >= 0.3 is 0 Å². The number of hydrogen-bond donors (Lipinski definition) is 3. The molecule has 0 atom stereocenters. The first-order valence-electron chi connectivity index (χ1n) is 12.5. The van der Waals surface area contributed by atoms with Crippen molar-refractivity contribution >= 4 is 34.6 Å². The number of amides is 2. The van der Waals surface area contributed by atoms with Crippen LogP contribution in [0.2, 0.25) is 0 Å². The van der Waals surface area contributed by atoms with Gasteiger partial charge in [-0.05, 0) is 79.5 Å². The SMILES string of the molecule is COc1cc(-c2ccc3c(c2)Nc2ccc(NC(=O)CCN4CCCCC4)cc2NC3=O)ccc1C#N. The van der Waals surface area contributed by atoms with Gasteiger partial charge in [0.2, 0.25) is 5.91 Å². The van der Waals surface area contributed by atoms with Crippen molar-refractivity contribution in [3.63, 3.8) is 0 Å². The Bertz CT molecular complexity index is 1390. The van der Waals surface area contributed by atoms with Crippen LogP contribution in [0, 0.1) is 11.3 Å². The number of nitriles is 1. The van der Waals surface area contributed by atoms with Crippen LogP contribution in [-0.4, -0.2) is 43.5 Å². The van der Waals surface area contributed by atoms with E-state index < -0.39 is 0 Å². The minimum atomic E-state index is -0.237. The monoisotopic (exact) mass is 495 g/mol. The lowest BCUT2D eigenvalue weighted by atomic mass is 10.0. The number of anilines is 4. The molecule has 0 spiro atoms. The van der Waals surface area contributed by atoms with E-state index in [1.54, 1.807) is 18.2 Å². The maximum Gasteiger partial charge on any atom is 0.257 e. The molecular formula is C29H29N5O3. The van der Waals surface area contributed by atoms with Crippen LogP contribution in [0.4, 0.5) is 22.7 Å². The first-order chi connectivity index (χ1) is 18.0. The van der Waals surface area contributed by atoms with Crippen molar-refractivity contribution in [3.8, 4) is 22.9 Å². The molecule has 2 aliphatic rings. The van der Waals surface area contributed by atoms with Crippen molar-refractivity contribution in [3.05, 3.63) is 65.7 Å². The van der Waals surface area contributed by atoms with Gasteiger partial charge in [-0.15, -0.1) is 0 Å². The highest BCUT2D eigenvalue weighted by Gasteiger charge is 2.21. The zero-order chi connectivity index (χ0) is 25.8. The predicted molar refractivity (Wildman–Crippen MR) is 144 cm³/mol. The minimum Gasteiger partial charge on any atom is -0.495 e. The number of ether oxygens (including phenoxy) is 1. The van der Waals surface area contributed by atoms with Gasteiger partial charge in [0.1, 0.15) is 11.8 Å². The van der Waals surface area contributed by atoms with E-state index in [-0.39, 0.29) is 11.8 Å². The number of methoxy groups -OCH3 is 1. The Hall–Kier alpha value is -4.35. The first-order valence-corrected chi connectivity index (χ1v) is 12.5. The van der Waals surface area contributed by atoms with Crippen LogP contribution < -0.4 is 20.7 Å². The third-order valence-corrected chi connectivity index (χ3v) is 6.84. The standard InChI is InChI=1S/C29H29N5O3/c1-37-27-16-20(5-6-21(27)18-30)19-7-9-23-25(15-19)32-24-10-8-22(17-26(24)33-29(23)36)31-28(35)11-14-34-12-3-2-4-13-34/h5-10,15-17,32H,2-4,11-14H2,1H3,(H,31,35)(H,33,36). The Kier molecular flexibility index (Phi) is 7.06. The van der Waals surface area contributed by atoms with Crippen LogP contribution in [0.5, 0.6) is 5.75 Å². The number of fused-ring (bicyclic) bond motifs is 2. The van der Waals surface area contributed by atoms with Crippen LogP contribution in [-0.2, 0) is 4.79 Å². The molecule has 0 aromatic heterocycles. The molecule has 3 N–H and O–H groups in total. The molecule has 0 bridgehead atoms. The van der Waals surface area contributed by atoms with Gasteiger partial charge in [0.25, 0.3) is 5.91 Å². The number of carbonyl (C=O) groups excluding carboxylic acids is 2. The third-order valence-electron chi connectivity index (χ3n) is 6.84. The second-order valence-corrected chi connectivity index (χ2v) is 9.33. The Morgan fingerprint density at radius 3 is 2.54 bits per heavy atom. The molecule has 1 fully saturated rings. The number of likely N-dealkylation sites (tertiary alicyclic amines) is 1. The van der Waals surface area contributed by atoms with Crippen LogP contribution in [0.25, 0.3) is 11.1 Å². The lowest BCUT2D eigenvalue weighted by Crippen LogP contribution is -2.32. The minimum absolute atomic E-state index is 0.0378. The molecule has 2 heterocycles. The predicted octanol–water partition coefficient (Wildman–Crippen LogP) is 5.36. The van der Waals surface area contributed by atoms with Gasteiger partial charge in [0.05, 0.1) is 35.3 Å². The molecule has 1 saturated heterocycles. The fourth-order valence-corrected chi connectivity index (χ4v) is 4.82. The molecule has 3 aromatic rings. The molecule has 188 valence electrons. The number of nitrogens with zero attached hydrogens (tertiary/aromatic N) is 2. The number of hydrogen-bond acceptors (Lipinski definition) is 6. The van der Waals surface area contributed by atoms with E-state index in [1.165, 1.54) is 26.4 Å². The van der Waals surface area contributed by atoms with E-state index in [4.69, 9.17) is 4.74 Å². The molecule has 2 amide bonds. The smallest absolute Gasteiger partial charge is 0.257 e. The van der Waals surface area contributed by atoms with Gasteiger partial charge in [-0.3, -0.25) is 9.59 Å². The highest BCUT2D eigenvalue weighted by molar-refractivity contribution is 6.13. The summed E-state index contributed by atoms with van der Waals surface area (Å²) in [4.78, 5) is 27.9. The number of carbonyl (C=O) groups is 2. The van der Waals surface area contributed by atoms with Gasteiger partial charge in [-0.2, -0.15) is 5.26 Å². The van der Waals surface area contributed by atoms with Crippen molar-refractivity contribution < 1.29 is 14.3 Å². The second kappa shape index (κ2) is 10.7. The van der Waals surface area contributed by atoms with Crippen molar-refractivity contribution in [2.24, 2.45) is 0 Å². The van der Waals surface area contributed by atoms with Crippen LogP contribution in [0.1, 0.15) is 41.6 Å². The van der Waals surface area contributed by atoms with E-state index in [0.29, 0.717) is 40.4 Å². The molecule has 2 aliphatic heterocycles. The van der Waals surface area contributed by atoms with Gasteiger partial charge < -0.3 is 25.6 Å².